The molecule has 0 radical (unpaired) electrons. The number of rotatable bonds is 12. The van der Waals surface area contributed by atoms with Crippen molar-refractivity contribution in [3.8, 4) is 0 Å². The average Bonchev–Trinajstić information content (AvgIpc) is 3.45. The summed E-state index contributed by atoms with van der Waals surface area (Å²) >= 11 is 0. The van der Waals surface area contributed by atoms with Crippen LogP contribution in [0.3, 0.4) is 0 Å². The summed E-state index contributed by atoms with van der Waals surface area (Å²) in [6, 6.07) is 80.6. The second-order valence-electron chi connectivity index (χ2n) is 19.7. The van der Waals surface area contributed by atoms with Gasteiger partial charge in [-0.3, -0.25) is 0 Å². The Morgan fingerprint density at radius 1 is 0.236 bits per heavy atom. The van der Waals surface area contributed by atoms with E-state index in [9.17, 15) is 0 Å². The van der Waals surface area contributed by atoms with Crippen molar-refractivity contribution < 1.29 is 0 Å². The molecule has 0 saturated heterocycles. The van der Waals surface area contributed by atoms with Gasteiger partial charge in [0.25, 0.3) is 0 Å². The predicted octanol–water partition coefficient (Wildman–Crippen LogP) is 17.0. The van der Waals surface area contributed by atoms with E-state index in [-0.39, 0.29) is 0 Å². The Hall–Kier alpha value is -8.22. The van der Waals surface area contributed by atoms with Gasteiger partial charge in [-0.05, 0) is 154 Å². The molecule has 0 saturated carbocycles. The van der Waals surface area contributed by atoms with Gasteiger partial charge in [-0.2, -0.15) is 0 Å². The van der Waals surface area contributed by atoms with Crippen molar-refractivity contribution in [3.05, 3.63) is 241 Å². The summed E-state index contributed by atoms with van der Waals surface area (Å²) in [6.07, 6.45) is 8.71. The Labute approximate surface area is 425 Å². The van der Waals surface area contributed by atoms with Gasteiger partial charge in [-0.25, -0.2) is 0 Å². The van der Waals surface area contributed by atoms with Crippen molar-refractivity contribution in [2.24, 2.45) is 0 Å². The molecule has 0 bridgehead atoms. The van der Waals surface area contributed by atoms with E-state index >= 15 is 0 Å². The van der Waals surface area contributed by atoms with Gasteiger partial charge >= 0.3 is 0 Å². The molecule has 4 heterocycles. The molecule has 0 aliphatic carbocycles. The molecule has 0 aromatic heterocycles. The third kappa shape index (κ3) is 7.92. The highest BCUT2D eigenvalue weighted by atomic mass is 15.2. The van der Waals surface area contributed by atoms with Gasteiger partial charge in [0.1, 0.15) is 0 Å². The highest BCUT2D eigenvalue weighted by molar-refractivity contribution is 5.95. The largest absolute Gasteiger partial charge is 0.371 e. The van der Waals surface area contributed by atoms with Crippen molar-refractivity contribution in [3.63, 3.8) is 0 Å². The van der Waals surface area contributed by atoms with Crippen LogP contribution in [0.1, 0.15) is 47.9 Å². The van der Waals surface area contributed by atoms with Crippen molar-refractivity contribution in [1.82, 2.24) is 0 Å². The molecule has 6 heteroatoms. The van der Waals surface area contributed by atoms with E-state index in [4.69, 9.17) is 0 Å². The van der Waals surface area contributed by atoms with Crippen molar-refractivity contribution in [1.29, 1.82) is 0 Å². The van der Waals surface area contributed by atoms with Crippen LogP contribution in [-0.2, 0) is 25.7 Å². The second kappa shape index (κ2) is 19.2. The Bertz CT molecular complexity index is 3030. The summed E-state index contributed by atoms with van der Waals surface area (Å²) in [7, 11) is 0. The molecule has 9 aromatic rings. The lowest BCUT2D eigenvalue weighted by Gasteiger charge is -2.43. The normalized spacial score (nSPS) is 14.5. The van der Waals surface area contributed by atoms with Gasteiger partial charge in [0.15, 0.2) is 0 Å². The van der Waals surface area contributed by atoms with E-state index < -0.39 is 0 Å². The fourth-order valence-electron chi connectivity index (χ4n) is 12.4. The standard InChI is InChI=1S/C66H60N6/c1-7-24-49(25-8-1)69(50-26-9-2-10-27-50)61-47-63(59-40-22-44-67-42-20-38-57(61)65(59)67)71(53-32-15-5-16-33-53)55-36-19-37-56(46-55)72(54-34-17-6-18-35-54)64-48-62(58-39-21-43-68-45-23-41-60(64)66(58)68)70(51-28-11-3-12-29-51)52-30-13-4-14-31-52/h1-19,24-37,46-48H,20-23,38-45H2. The minimum atomic E-state index is 1.03. The van der Waals surface area contributed by atoms with E-state index in [0.717, 1.165) is 123 Å². The van der Waals surface area contributed by atoms with Gasteiger partial charge in [0.05, 0.1) is 22.7 Å². The minimum absolute atomic E-state index is 1.03. The van der Waals surface area contributed by atoms with Crippen LogP contribution < -0.4 is 29.4 Å². The van der Waals surface area contributed by atoms with Gasteiger partial charge in [-0.1, -0.05) is 115 Å². The Kier molecular flexibility index (Phi) is 11.7. The first-order valence-electron chi connectivity index (χ1n) is 26.2. The monoisotopic (exact) mass is 936 g/mol. The molecule has 0 amide bonds. The molecule has 9 aromatic carbocycles. The Balaban J connectivity index is 1.04. The number of hydrogen-bond donors (Lipinski definition) is 0. The first kappa shape index (κ1) is 43.8. The summed E-state index contributed by atoms with van der Waals surface area (Å²) in [6.45, 7) is 4.34. The fraction of sp³-hybridized carbons (Fsp3) is 0.182. The summed E-state index contributed by atoms with van der Waals surface area (Å²) in [4.78, 5) is 15.5. The van der Waals surface area contributed by atoms with Gasteiger partial charge < -0.3 is 29.4 Å². The van der Waals surface area contributed by atoms with E-state index in [0.29, 0.717) is 0 Å². The molecule has 72 heavy (non-hydrogen) atoms. The maximum Gasteiger partial charge on any atom is 0.0535 e. The first-order chi connectivity index (χ1) is 35.8. The van der Waals surface area contributed by atoms with Crippen LogP contribution in [-0.4, -0.2) is 26.2 Å². The Morgan fingerprint density at radius 2 is 0.458 bits per heavy atom. The number of para-hydroxylation sites is 6. The van der Waals surface area contributed by atoms with E-state index in [1.807, 2.05) is 0 Å². The lowest BCUT2D eigenvalue weighted by molar-refractivity contribution is 0.634. The molecule has 4 aliphatic rings. The minimum Gasteiger partial charge on any atom is -0.371 e. The molecule has 4 aliphatic heterocycles. The molecule has 0 N–H and O–H groups in total. The van der Waals surface area contributed by atoms with E-state index in [1.165, 1.54) is 56.4 Å². The zero-order valence-corrected chi connectivity index (χ0v) is 41.0. The quantitative estimate of drug-likeness (QED) is 0.121. The molecular formula is C66H60N6. The molecule has 6 nitrogen and oxygen atoms in total. The average molecular weight is 937 g/mol. The van der Waals surface area contributed by atoms with Crippen LogP contribution in [0.2, 0.25) is 0 Å². The molecule has 0 unspecified atom stereocenters. The lowest BCUT2D eigenvalue weighted by Crippen LogP contribution is -2.36. The van der Waals surface area contributed by atoms with Crippen LogP contribution in [0.15, 0.2) is 218 Å². The summed E-state index contributed by atoms with van der Waals surface area (Å²) in [5, 5.41) is 0. The Morgan fingerprint density at radius 3 is 0.708 bits per heavy atom. The summed E-state index contributed by atoms with van der Waals surface area (Å²) < 4.78 is 0. The number of hydrogen-bond acceptors (Lipinski definition) is 6. The maximum absolute atomic E-state index is 2.70. The molecule has 0 fully saturated rings. The van der Waals surface area contributed by atoms with Crippen LogP contribution in [0.4, 0.5) is 79.6 Å². The zero-order valence-electron chi connectivity index (χ0n) is 41.0. The smallest absolute Gasteiger partial charge is 0.0535 e. The highest BCUT2D eigenvalue weighted by Crippen LogP contribution is 2.54. The molecular weight excluding hydrogens is 877 g/mol. The second-order valence-corrected chi connectivity index (χ2v) is 19.7. The zero-order chi connectivity index (χ0) is 47.8. The summed E-state index contributed by atoms with van der Waals surface area (Å²) in [5.41, 5.74) is 22.9. The fourth-order valence-corrected chi connectivity index (χ4v) is 12.4. The van der Waals surface area contributed by atoms with Crippen LogP contribution in [0.25, 0.3) is 0 Å². The molecule has 13 rings (SSSR count). The number of anilines is 14. The van der Waals surface area contributed by atoms with Crippen LogP contribution in [0, 0.1) is 0 Å². The van der Waals surface area contributed by atoms with E-state index in [2.05, 4.69) is 248 Å². The van der Waals surface area contributed by atoms with E-state index in [1.54, 1.807) is 0 Å². The van der Waals surface area contributed by atoms with Crippen molar-refractivity contribution in [2.75, 3.05) is 55.6 Å². The van der Waals surface area contributed by atoms with Gasteiger partial charge in [0, 0.05) is 105 Å². The van der Waals surface area contributed by atoms with Crippen molar-refractivity contribution in [2.45, 2.75) is 51.4 Å². The topological polar surface area (TPSA) is 19.4 Å². The predicted molar refractivity (Wildman–Crippen MR) is 303 cm³/mol. The number of nitrogens with zero attached hydrogens (tertiary/aromatic N) is 6. The SMILES string of the molecule is c1ccc(N(c2ccccc2)c2cc(N(c3ccccc3)c3cccc(N(c4ccccc4)c4cc(N(c5ccccc5)c5ccccc5)c5c6c4CCCN6CCC5)c3)c3c4c2CCCN4CCC3)cc1. The van der Waals surface area contributed by atoms with Crippen LogP contribution >= 0.6 is 0 Å². The van der Waals surface area contributed by atoms with Gasteiger partial charge in [0.2, 0.25) is 0 Å². The molecule has 0 atom stereocenters. The third-order valence-electron chi connectivity index (χ3n) is 15.4. The lowest BCUT2D eigenvalue weighted by atomic mass is 9.88. The third-order valence-corrected chi connectivity index (χ3v) is 15.4. The van der Waals surface area contributed by atoms with Crippen molar-refractivity contribution >= 4 is 79.6 Å². The first-order valence-corrected chi connectivity index (χ1v) is 26.2. The van der Waals surface area contributed by atoms with Crippen LogP contribution in [0.5, 0.6) is 0 Å². The summed E-state index contributed by atoms with van der Waals surface area (Å²) in [5.74, 6) is 0. The molecule has 354 valence electrons. The number of benzene rings is 9. The maximum atomic E-state index is 2.70. The van der Waals surface area contributed by atoms with Gasteiger partial charge in [-0.15, -0.1) is 0 Å². The highest BCUT2D eigenvalue weighted by Gasteiger charge is 2.35. The molecule has 0 spiro atoms.